The molecule has 1 N–H and O–H groups in total. The lowest BCUT2D eigenvalue weighted by Gasteiger charge is -2.22. The van der Waals surface area contributed by atoms with Gasteiger partial charge in [-0.1, -0.05) is 37.5 Å². The van der Waals surface area contributed by atoms with Gasteiger partial charge in [-0.2, -0.15) is 5.10 Å². The number of rotatable bonds is 6. The van der Waals surface area contributed by atoms with Crippen molar-refractivity contribution >= 4 is 28.8 Å². The zero-order chi connectivity index (χ0) is 25.1. The van der Waals surface area contributed by atoms with E-state index in [1.54, 1.807) is 61.8 Å². The fraction of sp³-hybridized carbons (Fsp3) is 0.286. The maximum absolute atomic E-state index is 13.4. The van der Waals surface area contributed by atoms with Gasteiger partial charge in [0.25, 0.3) is 5.56 Å². The van der Waals surface area contributed by atoms with Crippen LogP contribution in [0.15, 0.2) is 70.6 Å². The number of aromatic hydroxyl groups is 1. The Morgan fingerprint density at radius 1 is 1.08 bits per heavy atom. The van der Waals surface area contributed by atoms with Crippen LogP contribution in [0, 0.1) is 0 Å². The quantitative estimate of drug-likeness (QED) is 0.295. The van der Waals surface area contributed by atoms with Gasteiger partial charge in [-0.3, -0.25) is 4.79 Å². The normalized spacial score (nSPS) is 14.5. The van der Waals surface area contributed by atoms with Gasteiger partial charge in [-0.25, -0.2) is 19.0 Å². The first-order valence-electron chi connectivity index (χ1n) is 12.3. The topological polar surface area (TPSA) is 98.7 Å². The Hall–Kier alpha value is -4.20. The van der Waals surface area contributed by atoms with E-state index in [0.29, 0.717) is 39.4 Å². The number of benzene rings is 2. The van der Waals surface area contributed by atoms with Crippen molar-refractivity contribution in [1.82, 2.24) is 14.3 Å². The summed E-state index contributed by atoms with van der Waals surface area (Å²) in [5.74, 6) is 0.0403. The van der Waals surface area contributed by atoms with E-state index in [0.717, 1.165) is 12.8 Å². The number of carbonyl (C=O) groups excluding carboxylic acids is 1. The van der Waals surface area contributed by atoms with Crippen LogP contribution in [0.3, 0.4) is 0 Å². The molecule has 1 saturated carbocycles. The SMILES string of the molecule is CCOC(=O)c1ccc(-n2c(O)c(/C=N/c3ccnn3C3CCCCC3)c3ccccc3c2=O)cc1. The van der Waals surface area contributed by atoms with Gasteiger partial charge in [-0.15, -0.1) is 0 Å². The summed E-state index contributed by atoms with van der Waals surface area (Å²) in [7, 11) is 0. The second-order valence-corrected chi connectivity index (χ2v) is 8.87. The van der Waals surface area contributed by atoms with E-state index in [2.05, 4.69) is 10.1 Å². The lowest BCUT2D eigenvalue weighted by atomic mass is 9.96. The molecule has 0 amide bonds. The summed E-state index contributed by atoms with van der Waals surface area (Å²) in [5, 5.41) is 16.8. The monoisotopic (exact) mass is 484 g/mol. The van der Waals surface area contributed by atoms with Crippen LogP contribution in [0.4, 0.5) is 5.82 Å². The van der Waals surface area contributed by atoms with Crippen LogP contribution >= 0.6 is 0 Å². The van der Waals surface area contributed by atoms with E-state index < -0.39 is 5.97 Å². The third kappa shape index (κ3) is 4.42. The summed E-state index contributed by atoms with van der Waals surface area (Å²) in [6, 6.07) is 15.7. The molecule has 2 aromatic heterocycles. The molecule has 8 heteroatoms. The third-order valence-electron chi connectivity index (χ3n) is 6.64. The second-order valence-electron chi connectivity index (χ2n) is 8.87. The van der Waals surface area contributed by atoms with Gasteiger partial charge in [0.15, 0.2) is 5.82 Å². The average molecular weight is 485 g/mol. The van der Waals surface area contributed by atoms with Crippen molar-refractivity contribution in [3.8, 4) is 11.6 Å². The largest absolute Gasteiger partial charge is 0.494 e. The minimum atomic E-state index is -0.443. The third-order valence-corrected chi connectivity index (χ3v) is 6.64. The number of hydrogen-bond acceptors (Lipinski definition) is 6. The molecule has 1 aliphatic carbocycles. The van der Waals surface area contributed by atoms with Gasteiger partial charge in [0.1, 0.15) is 0 Å². The van der Waals surface area contributed by atoms with E-state index >= 15 is 0 Å². The molecule has 5 rings (SSSR count). The molecule has 36 heavy (non-hydrogen) atoms. The standard InChI is InChI=1S/C28H28N4O4/c1-2-36-28(35)19-12-14-20(15-13-19)31-26(33)23-11-7-6-10-22(23)24(27(31)34)18-29-25-16-17-30-32(25)21-8-4-3-5-9-21/h6-7,10-18,21,34H,2-5,8-9H2,1H3/b29-18+. The summed E-state index contributed by atoms with van der Waals surface area (Å²) in [6.07, 6.45) is 9.09. The molecule has 2 aromatic carbocycles. The molecule has 0 saturated heterocycles. The van der Waals surface area contributed by atoms with Crippen LogP contribution in [0.1, 0.15) is 61.0 Å². The summed E-state index contributed by atoms with van der Waals surface area (Å²) < 4.78 is 8.23. The van der Waals surface area contributed by atoms with Gasteiger partial charge >= 0.3 is 5.97 Å². The summed E-state index contributed by atoms with van der Waals surface area (Å²) in [4.78, 5) is 30.1. The first-order valence-corrected chi connectivity index (χ1v) is 12.3. The number of nitrogens with zero attached hydrogens (tertiary/aromatic N) is 4. The lowest BCUT2D eigenvalue weighted by Crippen LogP contribution is -2.20. The van der Waals surface area contributed by atoms with E-state index in [9.17, 15) is 14.7 Å². The zero-order valence-corrected chi connectivity index (χ0v) is 20.1. The van der Waals surface area contributed by atoms with Gasteiger partial charge in [0.2, 0.25) is 5.88 Å². The van der Waals surface area contributed by atoms with E-state index in [1.165, 1.54) is 23.8 Å². The lowest BCUT2D eigenvalue weighted by molar-refractivity contribution is 0.0526. The molecule has 0 unspecified atom stereocenters. The van der Waals surface area contributed by atoms with Gasteiger partial charge in [-0.05, 0) is 50.1 Å². The van der Waals surface area contributed by atoms with Crippen LogP contribution in [0.5, 0.6) is 5.88 Å². The number of carbonyl (C=O) groups is 1. The number of aliphatic imine (C=N–C) groups is 1. The summed E-state index contributed by atoms with van der Waals surface area (Å²) >= 11 is 0. The van der Waals surface area contributed by atoms with E-state index in [4.69, 9.17) is 4.74 Å². The van der Waals surface area contributed by atoms with Crippen molar-refractivity contribution in [3.63, 3.8) is 0 Å². The minimum Gasteiger partial charge on any atom is -0.494 e. The first kappa shape index (κ1) is 23.5. The number of esters is 1. The van der Waals surface area contributed by atoms with Crippen LogP contribution in [0.25, 0.3) is 16.5 Å². The van der Waals surface area contributed by atoms with Crippen LogP contribution in [-0.2, 0) is 4.74 Å². The molecule has 1 fully saturated rings. The number of pyridine rings is 1. The maximum atomic E-state index is 13.4. The molecule has 184 valence electrons. The molecule has 8 nitrogen and oxygen atoms in total. The molecule has 0 spiro atoms. The highest BCUT2D eigenvalue weighted by atomic mass is 16.5. The molecule has 2 heterocycles. The fourth-order valence-corrected chi connectivity index (χ4v) is 4.84. The second kappa shape index (κ2) is 10.2. The Labute approximate surface area is 208 Å². The Balaban J connectivity index is 1.59. The highest BCUT2D eigenvalue weighted by molar-refractivity contribution is 6.02. The molecular weight excluding hydrogens is 456 g/mol. The van der Waals surface area contributed by atoms with Crippen LogP contribution < -0.4 is 5.56 Å². The minimum absolute atomic E-state index is 0.227. The maximum Gasteiger partial charge on any atom is 0.338 e. The molecular formula is C28H28N4O4. The predicted octanol–water partition coefficient (Wildman–Crippen LogP) is 5.33. The Morgan fingerprint density at radius 3 is 2.53 bits per heavy atom. The number of aromatic nitrogens is 3. The Morgan fingerprint density at radius 2 is 1.81 bits per heavy atom. The van der Waals surface area contributed by atoms with Crippen molar-refractivity contribution in [2.24, 2.45) is 4.99 Å². The Kier molecular flexibility index (Phi) is 6.66. The molecule has 0 atom stereocenters. The first-order chi connectivity index (χ1) is 17.6. The average Bonchev–Trinajstić information content (AvgIpc) is 3.38. The molecule has 0 bridgehead atoms. The van der Waals surface area contributed by atoms with Crippen molar-refractivity contribution in [1.29, 1.82) is 0 Å². The van der Waals surface area contributed by atoms with Crippen LogP contribution in [-0.4, -0.2) is 38.2 Å². The molecule has 0 radical (unpaired) electrons. The summed E-state index contributed by atoms with van der Waals surface area (Å²) in [6.45, 7) is 2.01. The van der Waals surface area contributed by atoms with Gasteiger partial charge in [0.05, 0.1) is 35.7 Å². The molecule has 1 aliphatic rings. The van der Waals surface area contributed by atoms with Crippen molar-refractivity contribution < 1.29 is 14.6 Å². The van der Waals surface area contributed by atoms with Crippen molar-refractivity contribution in [2.75, 3.05) is 6.61 Å². The van der Waals surface area contributed by atoms with Crippen molar-refractivity contribution in [3.05, 3.63) is 82.3 Å². The summed E-state index contributed by atoms with van der Waals surface area (Å²) in [5.41, 5.74) is 0.859. The number of fused-ring (bicyclic) bond motifs is 1. The van der Waals surface area contributed by atoms with Crippen molar-refractivity contribution in [2.45, 2.75) is 45.1 Å². The number of hydrogen-bond donors (Lipinski definition) is 1. The predicted molar refractivity (Wildman–Crippen MR) is 139 cm³/mol. The number of ether oxygens (including phenoxy) is 1. The molecule has 4 aromatic rings. The fourth-order valence-electron chi connectivity index (χ4n) is 4.84. The highest BCUT2D eigenvalue weighted by Gasteiger charge is 2.19. The van der Waals surface area contributed by atoms with E-state index in [-0.39, 0.29) is 18.0 Å². The smallest absolute Gasteiger partial charge is 0.338 e. The van der Waals surface area contributed by atoms with Gasteiger partial charge < -0.3 is 9.84 Å². The molecule has 0 aliphatic heterocycles. The highest BCUT2D eigenvalue weighted by Crippen LogP contribution is 2.31. The zero-order valence-electron chi connectivity index (χ0n) is 20.1. The van der Waals surface area contributed by atoms with E-state index in [1.807, 2.05) is 16.8 Å². The van der Waals surface area contributed by atoms with Gasteiger partial charge in [0, 0.05) is 23.1 Å². The Bertz CT molecular complexity index is 1480. The van der Waals surface area contributed by atoms with Crippen LogP contribution in [0.2, 0.25) is 0 Å².